The van der Waals surface area contributed by atoms with E-state index in [0.717, 1.165) is 31.5 Å². The van der Waals surface area contributed by atoms with Crippen LogP contribution in [0.3, 0.4) is 0 Å². The number of benzene rings is 4. The second-order valence-electron chi connectivity index (χ2n) is 9.39. The van der Waals surface area contributed by atoms with E-state index in [-0.39, 0.29) is 10.8 Å². The van der Waals surface area contributed by atoms with Crippen LogP contribution < -0.4 is 19.7 Å². The van der Waals surface area contributed by atoms with Crippen molar-refractivity contribution in [2.45, 2.75) is 31.2 Å². The number of hydrogen-bond donors (Lipinski definition) is 2. The van der Waals surface area contributed by atoms with Crippen molar-refractivity contribution in [1.82, 2.24) is 0 Å². The average Bonchev–Trinajstić information content (AvgIpc) is 2.95. The molecule has 1 aliphatic heterocycles. The molecule has 200 valence electrons. The predicted molar refractivity (Wildman–Crippen MR) is 155 cm³/mol. The molecule has 0 radical (unpaired) electrons. The highest BCUT2D eigenvalue weighted by molar-refractivity contribution is 7.92. The molecule has 1 heterocycles. The van der Waals surface area contributed by atoms with Gasteiger partial charge in [0.15, 0.2) is 0 Å². The summed E-state index contributed by atoms with van der Waals surface area (Å²) in [4.78, 5) is 15.3. The average molecular weight is 542 g/mol. The highest BCUT2D eigenvalue weighted by Gasteiger charge is 2.17. The fourth-order valence-electron chi connectivity index (χ4n) is 4.68. The number of nitrogens with zero attached hydrogens (tertiary/aromatic N) is 1. The first-order valence-corrected chi connectivity index (χ1v) is 14.5. The van der Waals surface area contributed by atoms with E-state index in [9.17, 15) is 13.2 Å². The molecule has 39 heavy (non-hydrogen) atoms. The molecule has 8 heteroatoms. The number of carbonyl (C=O) groups is 1. The lowest BCUT2D eigenvalue weighted by atomic mass is 10.0. The highest BCUT2D eigenvalue weighted by atomic mass is 32.2. The Morgan fingerprint density at radius 3 is 2.28 bits per heavy atom. The maximum atomic E-state index is 12.8. The first-order valence-electron chi connectivity index (χ1n) is 13.0. The van der Waals surface area contributed by atoms with Gasteiger partial charge in [0.25, 0.3) is 15.9 Å². The largest absolute Gasteiger partial charge is 0.494 e. The molecule has 0 unspecified atom stereocenters. The van der Waals surface area contributed by atoms with Gasteiger partial charge in [-0.1, -0.05) is 30.3 Å². The van der Waals surface area contributed by atoms with Gasteiger partial charge in [-0.3, -0.25) is 9.52 Å². The zero-order valence-corrected chi connectivity index (χ0v) is 22.6. The Kier molecular flexibility index (Phi) is 7.84. The Bertz CT molecular complexity index is 1530. The summed E-state index contributed by atoms with van der Waals surface area (Å²) in [6.45, 7) is 4.22. The summed E-state index contributed by atoms with van der Waals surface area (Å²) in [5.74, 6) is 0.413. The Morgan fingerprint density at radius 2 is 1.56 bits per heavy atom. The van der Waals surface area contributed by atoms with Crippen LogP contribution >= 0.6 is 0 Å². The molecule has 5 rings (SSSR count). The molecule has 0 bridgehead atoms. The maximum Gasteiger partial charge on any atom is 0.261 e. The Morgan fingerprint density at radius 1 is 0.872 bits per heavy atom. The summed E-state index contributed by atoms with van der Waals surface area (Å²) >= 11 is 0. The molecule has 1 amide bonds. The maximum absolute atomic E-state index is 12.8. The first-order chi connectivity index (χ1) is 18.9. The molecule has 0 saturated carbocycles. The van der Waals surface area contributed by atoms with Gasteiger partial charge in [-0.05, 0) is 97.6 Å². The summed E-state index contributed by atoms with van der Waals surface area (Å²) < 4.78 is 33.5. The fourth-order valence-corrected chi connectivity index (χ4v) is 5.74. The zero-order valence-electron chi connectivity index (χ0n) is 21.8. The Labute approximate surface area is 229 Å². The minimum atomic E-state index is -3.78. The van der Waals surface area contributed by atoms with Crippen molar-refractivity contribution < 1.29 is 17.9 Å². The van der Waals surface area contributed by atoms with Crippen LogP contribution in [0.5, 0.6) is 5.75 Å². The number of nitrogens with one attached hydrogen (secondary N) is 2. The Balaban J connectivity index is 1.19. The second-order valence-corrected chi connectivity index (χ2v) is 11.1. The van der Waals surface area contributed by atoms with Gasteiger partial charge >= 0.3 is 0 Å². The van der Waals surface area contributed by atoms with Crippen LogP contribution in [-0.4, -0.2) is 27.5 Å². The molecule has 0 aliphatic carbocycles. The number of sulfonamides is 1. The summed E-state index contributed by atoms with van der Waals surface area (Å²) in [5.41, 5.74) is 5.28. The molecule has 2 N–H and O–H groups in total. The van der Waals surface area contributed by atoms with Crippen LogP contribution in [0.1, 0.15) is 34.8 Å². The lowest BCUT2D eigenvalue weighted by molar-refractivity contribution is 0.102. The number of fused-ring (bicyclic) bond motifs is 1. The number of carbonyl (C=O) groups excluding carboxylic acids is 1. The number of aryl methyl sites for hydroxylation is 1. The van der Waals surface area contributed by atoms with Crippen LogP contribution in [0.2, 0.25) is 0 Å². The summed E-state index contributed by atoms with van der Waals surface area (Å²) in [7, 11) is -3.78. The fraction of sp³-hybridized carbons (Fsp3) is 0.194. The third-order valence-electron chi connectivity index (χ3n) is 6.64. The molecule has 4 aromatic carbocycles. The van der Waals surface area contributed by atoms with Gasteiger partial charge in [0.05, 0.1) is 11.5 Å². The Hall–Kier alpha value is -4.30. The highest BCUT2D eigenvalue weighted by Crippen LogP contribution is 2.28. The minimum Gasteiger partial charge on any atom is -0.494 e. The number of rotatable bonds is 9. The van der Waals surface area contributed by atoms with Crippen molar-refractivity contribution in [2.75, 3.05) is 28.1 Å². The summed E-state index contributed by atoms with van der Waals surface area (Å²) in [6, 6.07) is 28.9. The van der Waals surface area contributed by atoms with Crippen molar-refractivity contribution in [3.63, 3.8) is 0 Å². The number of anilines is 3. The van der Waals surface area contributed by atoms with Crippen molar-refractivity contribution in [3.8, 4) is 5.75 Å². The van der Waals surface area contributed by atoms with Crippen LogP contribution in [0.15, 0.2) is 102 Å². The predicted octanol–water partition coefficient (Wildman–Crippen LogP) is 6.09. The van der Waals surface area contributed by atoms with Gasteiger partial charge in [0.1, 0.15) is 5.75 Å². The molecular formula is C31H31N3O4S. The van der Waals surface area contributed by atoms with E-state index in [1.165, 1.54) is 23.4 Å². The van der Waals surface area contributed by atoms with Gasteiger partial charge in [-0.2, -0.15) is 0 Å². The van der Waals surface area contributed by atoms with Crippen molar-refractivity contribution in [1.29, 1.82) is 0 Å². The van der Waals surface area contributed by atoms with E-state index in [1.54, 1.807) is 36.4 Å². The first kappa shape index (κ1) is 26.3. The summed E-state index contributed by atoms with van der Waals surface area (Å²) in [5, 5.41) is 2.84. The van der Waals surface area contributed by atoms with E-state index in [2.05, 4.69) is 39.2 Å². The zero-order chi connectivity index (χ0) is 27.2. The van der Waals surface area contributed by atoms with Gasteiger partial charge < -0.3 is 15.0 Å². The normalized spacial score (nSPS) is 12.9. The van der Waals surface area contributed by atoms with Crippen LogP contribution in [0.25, 0.3) is 0 Å². The third kappa shape index (κ3) is 6.41. The number of para-hydroxylation sites is 1. The monoisotopic (exact) mass is 541 g/mol. The molecule has 0 atom stereocenters. The van der Waals surface area contributed by atoms with Crippen molar-refractivity contribution in [2.24, 2.45) is 0 Å². The van der Waals surface area contributed by atoms with E-state index in [4.69, 9.17) is 4.74 Å². The molecule has 0 spiro atoms. The lowest BCUT2D eigenvalue weighted by Gasteiger charge is -2.31. The van der Waals surface area contributed by atoms with E-state index in [0.29, 0.717) is 29.3 Å². The third-order valence-corrected chi connectivity index (χ3v) is 8.03. The van der Waals surface area contributed by atoms with Gasteiger partial charge in [-0.25, -0.2) is 8.42 Å². The molecule has 0 saturated heterocycles. The van der Waals surface area contributed by atoms with Gasteiger partial charge in [0, 0.05) is 35.7 Å². The standard InChI is InChI=1S/C31H31N3O4S/c1-2-38-28-17-13-27(14-18-28)33-39(36,37)29-19-15-26(16-20-29)32-31(35)25-11-9-23(10-12-25)22-34-21-5-7-24-6-3-4-8-30(24)34/h3-4,6,8-20,33H,2,5,7,21-22H2,1H3,(H,32,35). The smallest absolute Gasteiger partial charge is 0.261 e. The molecular weight excluding hydrogens is 510 g/mol. The molecule has 4 aromatic rings. The number of amides is 1. The minimum absolute atomic E-state index is 0.0954. The van der Waals surface area contributed by atoms with Gasteiger partial charge in [0.2, 0.25) is 0 Å². The number of ether oxygens (including phenoxy) is 1. The molecule has 0 aromatic heterocycles. The van der Waals surface area contributed by atoms with E-state index < -0.39 is 10.0 Å². The van der Waals surface area contributed by atoms with Crippen LogP contribution in [0.4, 0.5) is 17.1 Å². The summed E-state index contributed by atoms with van der Waals surface area (Å²) in [6.07, 6.45) is 2.24. The molecule has 0 fully saturated rings. The number of hydrogen-bond acceptors (Lipinski definition) is 5. The SMILES string of the molecule is CCOc1ccc(NS(=O)(=O)c2ccc(NC(=O)c3ccc(CN4CCCc5ccccc54)cc3)cc2)cc1. The van der Waals surface area contributed by atoms with Gasteiger partial charge in [-0.15, -0.1) is 0 Å². The van der Waals surface area contributed by atoms with Crippen LogP contribution in [-0.2, 0) is 23.0 Å². The van der Waals surface area contributed by atoms with Crippen LogP contribution in [0, 0.1) is 0 Å². The lowest BCUT2D eigenvalue weighted by Crippen LogP contribution is -2.28. The molecule has 1 aliphatic rings. The second kappa shape index (κ2) is 11.6. The van der Waals surface area contributed by atoms with E-state index in [1.807, 2.05) is 31.2 Å². The van der Waals surface area contributed by atoms with Crippen molar-refractivity contribution in [3.05, 3.63) is 114 Å². The topological polar surface area (TPSA) is 87.7 Å². The van der Waals surface area contributed by atoms with E-state index >= 15 is 0 Å². The quantitative estimate of drug-likeness (QED) is 0.268. The molecule has 7 nitrogen and oxygen atoms in total. The van der Waals surface area contributed by atoms with Crippen molar-refractivity contribution >= 4 is 33.0 Å².